The average molecular weight is 231 g/mol. The normalized spacial score (nSPS) is 10.9. The summed E-state index contributed by atoms with van der Waals surface area (Å²) in [6.45, 7) is 0.390. The molecule has 0 radical (unpaired) electrons. The molecule has 0 fully saturated rings. The zero-order valence-electron chi connectivity index (χ0n) is 9.46. The number of furan rings is 1. The number of nitrogens with zero attached hydrogens (tertiary/aromatic N) is 2. The molecule has 0 unspecified atom stereocenters. The van der Waals surface area contributed by atoms with Crippen molar-refractivity contribution in [1.29, 1.82) is 0 Å². The van der Waals surface area contributed by atoms with Crippen molar-refractivity contribution in [2.24, 2.45) is 7.05 Å². The summed E-state index contributed by atoms with van der Waals surface area (Å²) < 4.78 is 6.79. The lowest BCUT2D eigenvalue weighted by Gasteiger charge is -1.98. The third kappa shape index (κ3) is 3.07. The summed E-state index contributed by atoms with van der Waals surface area (Å²) in [6.07, 6.45) is 6.44. The molecule has 0 aromatic carbocycles. The third-order valence-corrected chi connectivity index (χ3v) is 2.28. The summed E-state index contributed by atoms with van der Waals surface area (Å²) in [7, 11) is 1.82. The number of hydrogen-bond donors (Lipinski definition) is 1. The molecular weight excluding hydrogens is 218 g/mol. The molecule has 88 valence electrons. The first-order valence-corrected chi connectivity index (χ1v) is 5.22. The predicted molar refractivity (Wildman–Crippen MR) is 62.8 cm³/mol. The van der Waals surface area contributed by atoms with Crippen molar-refractivity contribution in [2.75, 3.05) is 0 Å². The molecule has 5 nitrogen and oxygen atoms in total. The first-order chi connectivity index (χ1) is 8.25. The van der Waals surface area contributed by atoms with Gasteiger partial charge in [0, 0.05) is 19.3 Å². The van der Waals surface area contributed by atoms with Crippen LogP contribution in [0.5, 0.6) is 0 Å². The van der Waals surface area contributed by atoms with Gasteiger partial charge in [-0.15, -0.1) is 0 Å². The fourth-order valence-electron chi connectivity index (χ4n) is 1.36. The number of aryl methyl sites for hydroxylation is 1. The number of carbonyl (C=O) groups excluding carboxylic acids is 1. The number of nitrogens with one attached hydrogen (secondary N) is 1. The number of amides is 1. The van der Waals surface area contributed by atoms with Crippen LogP contribution >= 0.6 is 0 Å². The van der Waals surface area contributed by atoms with Crippen molar-refractivity contribution in [1.82, 2.24) is 15.1 Å². The lowest BCUT2D eigenvalue weighted by atomic mass is 10.3. The smallest absolute Gasteiger partial charge is 0.244 e. The van der Waals surface area contributed by atoms with Crippen LogP contribution in [0.2, 0.25) is 0 Å². The van der Waals surface area contributed by atoms with Crippen molar-refractivity contribution >= 4 is 12.0 Å². The Bertz CT molecular complexity index is 512. The highest BCUT2D eigenvalue weighted by molar-refractivity contribution is 5.91. The van der Waals surface area contributed by atoms with E-state index in [1.807, 2.05) is 19.2 Å². The van der Waals surface area contributed by atoms with Crippen LogP contribution in [0.1, 0.15) is 11.5 Å². The van der Waals surface area contributed by atoms with E-state index >= 15 is 0 Å². The first kappa shape index (κ1) is 11.2. The van der Waals surface area contributed by atoms with Crippen LogP contribution in [0.4, 0.5) is 0 Å². The fraction of sp³-hybridized carbons (Fsp3) is 0.167. The quantitative estimate of drug-likeness (QED) is 0.808. The molecule has 2 rings (SSSR count). The lowest BCUT2D eigenvalue weighted by Crippen LogP contribution is -2.19. The van der Waals surface area contributed by atoms with Gasteiger partial charge in [0.15, 0.2) is 0 Å². The van der Waals surface area contributed by atoms with E-state index in [1.54, 1.807) is 29.3 Å². The van der Waals surface area contributed by atoms with Gasteiger partial charge in [-0.05, 0) is 24.3 Å². The van der Waals surface area contributed by atoms with Gasteiger partial charge in [0.25, 0.3) is 0 Å². The Morgan fingerprint density at radius 1 is 1.59 bits per heavy atom. The van der Waals surface area contributed by atoms with Crippen molar-refractivity contribution in [3.05, 3.63) is 48.2 Å². The second kappa shape index (κ2) is 5.16. The molecule has 0 saturated heterocycles. The van der Waals surface area contributed by atoms with E-state index in [1.165, 1.54) is 6.08 Å². The Labute approximate surface area is 98.7 Å². The molecule has 0 aliphatic rings. The highest BCUT2D eigenvalue weighted by Gasteiger charge is 1.99. The van der Waals surface area contributed by atoms with Gasteiger partial charge in [0.1, 0.15) is 5.76 Å². The number of carbonyl (C=O) groups is 1. The van der Waals surface area contributed by atoms with Gasteiger partial charge in [-0.25, -0.2) is 0 Å². The predicted octanol–water partition coefficient (Wildman–Crippen LogP) is 1.34. The van der Waals surface area contributed by atoms with E-state index in [4.69, 9.17) is 4.42 Å². The Balaban J connectivity index is 1.85. The summed E-state index contributed by atoms with van der Waals surface area (Å²) in [5.41, 5.74) is 0.873. The summed E-state index contributed by atoms with van der Waals surface area (Å²) in [6, 6.07) is 5.42. The largest absolute Gasteiger partial charge is 0.467 e. The summed E-state index contributed by atoms with van der Waals surface area (Å²) >= 11 is 0. The van der Waals surface area contributed by atoms with Crippen molar-refractivity contribution in [3.8, 4) is 0 Å². The second-order valence-corrected chi connectivity index (χ2v) is 3.51. The van der Waals surface area contributed by atoms with E-state index in [0.717, 1.165) is 11.5 Å². The standard InChI is InChI=1S/C12H13N3O2/c1-15-10(6-7-14-15)4-5-12(16)13-9-11-3-2-8-17-11/h2-8H,9H2,1H3,(H,13,16)/b5-4+. The van der Waals surface area contributed by atoms with E-state index < -0.39 is 0 Å². The molecule has 1 N–H and O–H groups in total. The maximum atomic E-state index is 11.5. The van der Waals surface area contributed by atoms with Crippen molar-refractivity contribution < 1.29 is 9.21 Å². The minimum absolute atomic E-state index is 0.164. The number of hydrogen-bond acceptors (Lipinski definition) is 3. The second-order valence-electron chi connectivity index (χ2n) is 3.51. The Morgan fingerprint density at radius 2 is 2.47 bits per heavy atom. The Morgan fingerprint density at radius 3 is 3.12 bits per heavy atom. The maximum Gasteiger partial charge on any atom is 0.244 e. The van der Waals surface area contributed by atoms with Gasteiger partial charge in [0.2, 0.25) is 5.91 Å². The third-order valence-electron chi connectivity index (χ3n) is 2.28. The van der Waals surface area contributed by atoms with Crippen LogP contribution in [0.15, 0.2) is 41.2 Å². The highest BCUT2D eigenvalue weighted by Crippen LogP contribution is 2.00. The highest BCUT2D eigenvalue weighted by atomic mass is 16.3. The molecule has 0 aliphatic heterocycles. The van der Waals surface area contributed by atoms with Gasteiger partial charge in [0.05, 0.1) is 18.5 Å². The molecule has 2 aromatic rings. The van der Waals surface area contributed by atoms with Crippen LogP contribution in [0, 0.1) is 0 Å². The van der Waals surface area contributed by atoms with Gasteiger partial charge in [-0.1, -0.05) is 0 Å². The van der Waals surface area contributed by atoms with E-state index in [9.17, 15) is 4.79 Å². The molecule has 1 amide bonds. The van der Waals surface area contributed by atoms with Gasteiger partial charge >= 0.3 is 0 Å². The summed E-state index contributed by atoms with van der Waals surface area (Å²) in [5.74, 6) is 0.565. The molecule has 5 heteroatoms. The molecular formula is C12H13N3O2. The molecule has 0 atom stereocenters. The van der Waals surface area contributed by atoms with Gasteiger partial charge in [-0.3, -0.25) is 9.48 Å². The van der Waals surface area contributed by atoms with Gasteiger partial charge < -0.3 is 9.73 Å². The molecule has 0 aliphatic carbocycles. The zero-order valence-corrected chi connectivity index (χ0v) is 9.46. The minimum Gasteiger partial charge on any atom is -0.467 e. The Kier molecular flexibility index (Phi) is 3.40. The van der Waals surface area contributed by atoms with Crippen LogP contribution in [0.25, 0.3) is 6.08 Å². The number of rotatable bonds is 4. The van der Waals surface area contributed by atoms with Crippen LogP contribution < -0.4 is 5.32 Å². The van der Waals surface area contributed by atoms with Crippen molar-refractivity contribution in [3.63, 3.8) is 0 Å². The molecule has 0 spiro atoms. The molecule has 0 saturated carbocycles. The SMILES string of the molecule is Cn1nccc1/C=C/C(=O)NCc1ccco1. The molecule has 0 bridgehead atoms. The zero-order chi connectivity index (χ0) is 12.1. The fourth-order valence-corrected chi connectivity index (χ4v) is 1.36. The van der Waals surface area contributed by atoms with Crippen LogP contribution in [-0.4, -0.2) is 15.7 Å². The minimum atomic E-state index is -0.164. The van der Waals surface area contributed by atoms with Crippen LogP contribution in [-0.2, 0) is 18.4 Å². The molecule has 2 aromatic heterocycles. The first-order valence-electron chi connectivity index (χ1n) is 5.22. The van der Waals surface area contributed by atoms with Crippen molar-refractivity contribution in [2.45, 2.75) is 6.54 Å². The summed E-state index contributed by atoms with van der Waals surface area (Å²) in [4.78, 5) is 11.5. The van der Waals surface area contributed by atoms with Crippen LogP contribution in [0.3, 0.4) is 0 Å². The average Bonchev–Trinajstić information content (AvgIpc) is 2.95. The maximum absolute atomic E-state index is 11.5. The Hall–Kier alpha value is -2.30. The topological polar surface area (TPSA) is 60.1 Å². The molecule has 2 heterocycles. The summed E-state index contributed by atoms with van der Waals surface area (Å²) in [5, 5.41) is 6.72. The number of aromatic nitrogens is 2. The van der Waals surface area contributed by atoms with E-state index in [2.05, 4.69) is 10.4 Å². The van der Waals surface area contributed by atoms with E-state index in [-0.39, 0.29) is 5.91 Å². The van der Waals surface area contributed by atoms with Gasteiger partial charge in [-0.2, -0.15) is 5.10 Å². The van der Waals surface area contributed by atoms with E-state index in [0.29, 0.717) is 6.54 Å². The molecule has 17 heavy (non-hydrogen) atoms. The lowest BCUT2D eigenvalue weighted by molar-refractivity contribution is -0.116. The monoisotopic (exact) mass is 231 g/mol.